The van der Waals surface area contributed by atoms with E-state index in [9.17, 15) is 14.9 Å². The molecule has 0 spiro atoms. The highest BCUT2D eigenvalue weighted by Crippen LogP contribution is 2.19. The van der Waals surface area contributed by atoms with Crippen molar-refractivity contribution in [2.75, 3.05) is 0 Å². The van der Waals surface area contributed by atoms with Crippen molar-refractivity contribution in [1.82, 2.24) is 14.8 Å². The third kappa shape index (κ3) is 2.94. The van der Waals surface area contributed by atoms with E-state index in [0.29, 0.717) is 4.47 Å². The molecule has 19 heavy (non-hydrogen) atoms. The molecule has 1 heterocycles. The lowest BCUT2D eigenvalue weighted by atomic mass is 10.1. The Bertz CT molecular complexity index is 655. The Kier molecular flexibility index (Phi) is 3.56. The summed E-state index contributed by atoms with van der Waals surface area (Å²) >= 11 is 3.25. The van der Waals surface area contributed by atoms with Gasteiger partial charge in [-0.3, -0.25) is 0 Å². The number of halogens is 1. The van der Waals surface area contributed by atoms with Gasteiger partial charge in [0.2, 0.25) is 6.33 Å². The average Bonchev–Trinajstić information content (AvgIpc) is 2.80. The molecule has 0 unspecified atom stereocenters. The van der Waals surface area contributed by atoms with Gasteiger partial charge in [0.15, 0.2) is 0 Å². The number of carbonyl (C=O) groups is 1. The monoisotopic (exact) mass is 326 g/mol. The zero-order valence-electron chi connectivity index (χ0n) is 9.36. The fraction of sp³-hybridized carbons (Fsp3) is 0.100. The summed E-state index contributed by atoms with van der Waals surface area (Å²) in [4.78, 5) is 24.1. The first-order valence-corrected chi connectivity index (χ1v) is 5.82. The molecule has 98 valence electrons. The maximum Gasteiger partial charge on any atom is 0.490 e. The van der Waals surface area contributed by atoms with E-state index in [0.717, 1.165) is 5.56 Å². The third-order valence-electron chi connectivity index (χ3n) is 2.32. The van der Waals surface area contributed by atoms with Gasteiger partial charge >= 0.3 is 11.9 Å². The fourth-order valence-corrected chi connectivity index (χ4v) is 1.93. The third-order valence-corrected chi connectivity index (χ3v) is 3.06. The summed E-state index contributed by atoms with van der Waals surface area (Å²) in [5, 5.41) is 22.9. The SMILES string of the molecule is O=C(O)c1ccc(Cn2cnc([N+](=O)[O-])n2)c(Br)c1. The van der Waals surface area contributed by atoms with Gasteiger partial charge in [-0.05, 0) is 22.6 Å². The predicted octanol–water partition coefficient (Wildman–Crippen LogP) is 1.70. The molecule has 2 aromatic rings. The highest BCUT2D eigenvalue weighted by atomic mass is 79.9. The number of aromatic carboxylic acids is 1. The largest absolute Gasteiger partial charge is 0.490 e. The van der Waals surface area contributed by atoms with Crippen LogP contribution >= 0.6 is 15.9 Å². The second kappa shape index (κ2) is 5.14. The Hall–Kier alpha value is -2.29. The highest BCUT2D eigenvalue weighted by molar-refractivity contribution is 9.10. The zero-order chi connectivity index (χ0) is 14.0. The smallest absolute Gasteiger partial charge is 0.478 e. The summed E-state index contributed by atoms with van der Waals surface area (Å²) < 4.78 is 1.89. The Balaban J connectivity index is 2.23. The molecule has 0 radical (unpaired) electrons. The van der Waals surface area contributed by atoms with Crippen LogP contribution in [0.2, 0.25) is 0 Å². The summed E-state index contributed by atoms with van der Waals surface area (Å²) in [6, 6.07) is 4.53. The molecule has 9 heteroatoms. The topological polar surface area (TPSA) is 111 Å². The molecule has 0 aliphatic heterocycles. The number of carboxylic acid groups (broad SMARTS) is 1. The molecule has 0 bridgehead atoms. The van der Waals surface area contributed by atoms with E-state index < -0.39 is 16.8 Å². The number of nitro groups is 1. The molecule has 0 amide bonds. The number of hydrogen-bond donors (Lipinski definition) is 1. The van der Waals surface area contributed by atoms with Gasteiger partial charge in [-0.1, -0.05) is 27.0 Å². The summed E-state index contributed by atoms with van der Waals surface area (Å²) in [6.45, 7) is 0.251. The van der Waals surface area contributed by atoms with Crippen LogP contribution in [-0.4, -0.2) is 30.8 Å². The predicted molar refractivity (Wildman–Crippen MR) is 66.9 cm³/mol. The molecule has 0 saturated heterocycles. The summed E-state index contributed by atoms with van der Waals surface area (Å²) in [6.07, 6.45) is 1.25. The van der Waals surface area contributed by atoms with Gasteiger partial charge in [0.05, 0.1) is 12.1 Å². The van der Waals surface area contributed by atoms with E-state index in [1.165, 1.54) is 23.1 Å². The first-order chi connectivity index (χ1) is 8.97. The number of hydrogen-bond acceptors (Lipinski definition) is 5. The van der Waals surface area contributed by atoms with Crippen molar-refractivity contribution in [3.63, 3.8) is 0 Å². The van der Waals surface area contributed by atoms with Gasteiger partial charge in [0.1, 0.15) is 0 Å². The Morgan fingerprint density at radius 3 is 2.79 bits per heavy atom. The van der Waals surface area contributed by atoms with E-state index in [1.54, 1.807) is 6.07 Å². The molecule has 0 atom stereocenters. The minimum Gasteiger partial charge on any atom is -0.478 e. The van der Waals surface area contributed by atoms with Gasteiger partial charge in [-0.15, -0.1) is 0 Å². The lowest BCUT2D eigenvalue weighted by molar-refractivity contribution is -0.394. The van der Waals surface area contributed by atoms with Crippen molar-refractivity contribution in [2.24, 2.45) is 0 Å². The average molecular weight is 327 g/mol. The summed E-state index contributed by atoms with van der Waals surface area (Å²) in [5.41, 5.74) is 0.894. The lowest BCUT2D eigenvalue weighted by Crippen LogP contribution is -2.03. The van der Waals surface area contributed by atoms with Gasteiger partial charge in [-0.25, -0.2) is 4.79 Å². The number of rotatable bonds is 4. The van der Waals surface area contributed by atoms with Crippen LogP contribution in [0.15, 0.2) is 29.0 Å². The first kappa shape index (κ1) is 13.1. The molecule has 0 aliphatic rings. The normalized spacial score (nSPS) is 10.4. The molecule has 8 nitrogen and oxygen atoms in total. The van der Waals surface area contributed by atoms with E-state index in [2.05, 4.69) is 26.0 Å². The van der Waals surface area contributed by atoms with Crippen LogP contribution in [0.3, 0.4) is 0 Å². The zero-order valence-corrected chi connectivity index (χ0v) is 10.9. The summed E-state index contributed by atoms with van der Waals surface area (Å²) in [5.74, 6) is -1.50. The number of carboxylic acids is 1. The van der Waals surface area contributed by atoms with E-state index >= 15 is 0 Å². The molecule has 2 rings (SSSR count). The molecule has 1 N–H and O–H groups in total. The van der Waals surface area contributed by atoms with E-state index in [1.807, 2.05) is 0 Å². The number of nitrogens with zero attached hydrogens (tertiary/aromatic N) is 4. The van der Waals surface area contributed by atoms with Crippen molar-refractivity contribution >= 4 is 27.8 Å². The minimum atomic E-state index is -1.02. The summed E-state index contributed by atoms with van der Waals surface area (Å²) in [7, 11) is 0. The maximum atomic E-state index is 10.8. The Labute approximate surface area is 115 Å². The molecule has 1 aromatic carbocycles. The van der Waals surface area contributed by atoms with Crippen LogP contribution in [0.5, 0.6) is 0 Å². The molecular weight excluding hydrogens is 320 g/mol. The van der Waals surface area contributed by atoms with Gasteiger partial charge in [0, 0.05) is 9.57 Å². The second-order valence-electron chi connectivity index (χ2n) is 3.61. The van der Waals surface area contributed by atoms with Crippen molar-refractivity contribution in [2.45, 2.75) is 6.54 Å². The Morgan fingerprint density at radius 1 is 1.53 bits per heavy atom. The van der Waals surface area contributed by atoms with Crippen LogP contribution in [0.1, 0.15) is 15.9 Å². The van der Waals surface area contributed by atoms with Crippen LogP contribution in [0.25, 0.3) is 0 Å². The van der Waals surface area contributed by atoms with E-state index in [4.69, 9.17) is 5.11 Å². The van der Waals surface area contributed by atoms with Gasteiger partial charge in [-0.2, -0.15) is 4.68 Å². The highest BCUT2D eigenvalue weighted by Gasteiger charge is 2.14. The first-order valence-electron chi connectivity index (χ1n) is 5.03. The lowest BCUT2D eigenvalue weighted by Gasteiger charge is -2.03. The van der Waals surface area contributed by atoms with Gasteiger partial charge < -0.3 is 15.2 Å². The van der Waals surface area contributed by atoms with Crippen LogP contribution in [0, 0.1) is 10.1 Å². The standard InChI is InChI=1S/C10H7BrN4O4/c11-8-3-6(9(16)17)1-2-7(8)4-14-5-12-10(13-14)15(18)19/h1-3,5H,4H2,(H,16,17). The van der Waals surface area contributed by atoms with Crippen LogP contribution in [0.4, 0.5) is 5.95 Å². The van der Waals surface area contributed by atoms with Gasteiger partial charge in [0.25, 0.3) is 0 Å². The molecule has 0 saturated carbocycles. The minimum absolute atomic E-state index is 0.153. The Morgan fingerprint density at radius 2 is 2.26 bits per heavy atom. The van der Waals surface area contributed by atoms with Crippen molar-refractivity contribution in [3.05, 3.63) is 50.2 Å². The fourth-order valence-electron chi connectivity index (χ4n) is 1.43. The molecule has 0 fully saturated rings. The maximum absolute atomic E-state index is 10.8. The second-order valence-corrected chi connectivity index (χ2v) is 4.46. The molecular formula is C10H7BrN4O4. The molecule has 1 aromatic heterocycles. The van der Waals surface area contributed by atoms with Crippen molar-refractivity contribution < 1.29 is 14.8 Å². The van der Waals surface area contributed by atoms with E-state index in [-0.39, 0.29) is 12.1 Å². The molecule has 0 aliphatic carbocycles. The number of aromatic nitrogens is 3. The van der Waals surface area contributed by atoms with Crippen LogP contribution in [-0.2, 0) is 6.54 Å². The van der Waals surface area contributed by atoms with Crippen molar-refractivity contribution in [1.29, 1.82) is 0 Å². The quantitative estimate of drug-likeness (QED) is 0.676. The number of benzene rings is 1. The van der Waals surface area contributed by atoms with Crippen molar-refractivity contribution in [3.8, 4) is 0 Å². The van der Waals surface area contributed by atoms with Crippen LogP contribution < -0.4 is 0 Å².